The van der Waals surface area contributed by atoms with Crippen molar-refractivity contribution in [2.24, 2.45) is 0 Å². The highest BCUT2D eigenvalue weighted by Crippen LogP contribution is 2.41. The van der Waals surface area contributed by atoms with Crippen molar-refractivity contribution in [1.29, 1.82) is 0 Å². The molecule has 0 bridgehead atoms. The number of para-hydroxylation sites is 5. The summed E-state index contributed by atoms with van der Waals surface area (Å²) in [5.41, 5.74) is 15.0. The second-order valence-corrected chi connectivity index (χ2v) is 15.2. The zero-order valence-corrected chi connectivity index (χ0v) is 35.6. The van der Waals surface area contributed by atoms with E-state index in [1.54, 1.807) is 6.08 Å². The Morgan fingerprint density at radius 3 is 0.734 bits per heavy atom. The van der Waals surface area contributed by atoms with Crippen LogP contribution in [0.25, 0.3) is 11.1 Å². The van der Waals surface area contributed by atoms with E-state index in [-0.39, 0.29) is 0 Å². The molecule has 0 aliphatic carbocycles. The van der Waals surface area contributed by atoms with Gasteiger partial charge in [0.15, 0.2) is 0 Å². The van der Waals surface area contributed by atoms with Crippen molar-refractivity contribution in [3.05, 3.63) is 286 Å². The highest BCUT2D eigenvalue weighted by molar-refractivity contribution is 5.83. The van der Waals surface area contributed by atoms with E-state index in [1.165, 1.54) is 0 Å². The van der Waals surface area contributed by atoms with Gasteiger partial charge in [0.1, 0.15) is 0 Å². The lowest BCUT2D eigenvalue weighted by Gasteiger charge is -2.29. The van der Waals surface area contributed by atoms with Gasteiger partial charge in [-0.3, -0.25) is 0 Å². The van der Waals surface area contributed by atoms with Crippen molar-refractivity contribution in [1.82, 2.24) is 0 Å². The van der Waals surface area contributed by atoms with E-state index in [2.05, 4.69) is 269 Å². The molecule has 9 aromatic rings. The van der Waals surface area contributed by atoms with Gasteiger partial charge in [-0.1, -0.05) is 134 Å². The minimum absolute atomic E-state index is 0.921. The Balaban J connectivity index is 0.997. The Hall–Kier alpha value is -8.60. The molecule has 0 fully saturated rings. The van der Waals surface area contributed by atoms with Crippen LogP contribution in [-0.2, 0) is 0 Å². The molecule has 0 aromatic heterocycles. The summed E-state index contributed by atoms with van der Waals surface area (Å²) in [5.74, 6) is 0. The predicted octanol–water partition coefficient (Wildman–Crippen LogP) is 17.2. The number of benzene rings is 9. The van der Waals surface area contributed by atoms with Crippen LogP contribution >= 0.6 is 0 Å². The molecule has 4 heteroatoms. The van der Waals surface area contributed by atoms with Crippen LogP contribution < -0.4 is 19.6 Å². The van der Waals surface area contributed by atoms with Crippen LogP contribution in [0.1, 0.15) is 0 Å². The Bertz CT molecular complexity index is 2840. The molecule has 0 radical (unpaired) electrons. The number of anilines is 11. The molecule has 308 valence electrons. The number of allylic oxidation sites excluding steroid dienone is 3. The SMILES string of the molecule is C=CC=C(C=C)N(c1ccc(-c2ccc(N(c3ccccc3)c3ccc(N(c4ccccc4)c4ccccc4)cc3)cc2)cc1)c1ccc(N(c2ccccc2)c2ccccc2)cc1. The van der Waals surface area contributed by atoms with Crippen LogP contribution in [0.5, 0.6) is 0 Å². The topological polar surface area (TPSA) is 13.0 Å². The summed E-state index contributed by atoms with van der Waals surface area (Å²) >= 11 is 0. The Kier molecular flexibility index (Phi) is 12.4. The smallest absolute Gasteiger partial charge is 0.0463 e. The molecule has 9 aromatic carbocycles. The first kappa shape index (κ1) is 40.8. The Morgan fingerprint density at radius 1 is 0.266 bits per heavy atom. The van der Waals surface area contributed by atoms with Crippen LogP contribution in [0.3, 0.4) is 0 Å². The van der Waals surface area contributed by atoms with Gasteiger partial charge in [0.2, 0.25) is 0 Å². The number of rotatable bonds is 15. The fourth-order valence-electron chi connectivity index (χ4n) is 8.14. The first-order valence-corrected chi connectivity index (χ1v) is 21.5. The lowest BCUT2D eigenvalue weighted by atomic mass is 10.0. The number of nitrogens with zero attached hydrogens (tertiary/aromatic N) is 4. The second kappa shape index (κ2) is 19.4. The summed E-state index contributed by atoms with van der Waals surface area (Å²) < 4.78 is 0. The van der Waals surface area contributed by atoms with Crippen molar-refractivity contribution in [3.8, 4) is 11.1 Å². The monoisotopic (exact) mass is 824 g/mol. The van der Waals surface area contributed by atoms with E-state index < -0.39 is 0 Å². The van der Waals surface area contributed by atoms with Crippen molar-refractivity contribution in [2.45, 2.75) is 0 Å². The molecule has 0 aliphatic heterocycles. The number of hydrogen-bond acceptors (Lipinski definition) is 4. The molecular weight excluding hydrogens is 777 g/mol. The third-order valence-electron chi connectivity index (χ3n) is 11.1. The first-order valence-electron chi connectivity index (χ1n) is 21.5. The van der Waals surface area contributed by atoms with Crippen LogP contribution in [0.15, 0.2) is 286 Å². The summed E-state index contributed by atoms with van der Waals surface area (Å²) in [7, 11) is 0. The van der Waals surface area contributed by atoms with Gasteiger partial charge < -0.3 is 19.6 Å². The Labute approximate surface area is 377 Å². The fraction of sp³-hybridized carbons (Fsp3) is 0. The van der Waals surface area contributed by atoms with Crippen molar-refractivity contribution in [3.63, 3.8) is 0 Å². The minimum Gasteiger partial charge on any atom is -0.311 e. The maximum Gasteiger partial charge on any atom is 0.0463 e. The molecule has 4 nitrogen and oxygen atoms in total. The summed E-state index contributed by atoms with van der Waals surface area (Å²) in [6.07, 6.45) is 5.66. The molecular formula is C60H48N4. The fourth-order valence-corrected chi connectivity index (χ4v) is 8.14. The Morgan fingerprint density at radius 2 is 0.484 bits per heavy atom. The lowest BCUT2D eigenvalue weighted by Crippen LogP contribution is -2.15. The lowest BCUT2D eigenvalue weighted by molar-refractivity contribution is 1.20. The third kappa shape index (κ3) is 8.89. The van der Waals surface area contributed by atoms with Crippen LogP contribution in [0, 0.1) is 0 Å². The molecule has 0 unspecified atom stereocenters. The third-order valence-corrected chi connectivity index (χ3v) is 11.1. The molecule has 0 aliphatic rings. The average Bonchev–Trinajstić information content (AvgIpc) is 3.37. The van der Waals surface area contributed by atoms with Gasteiger partial charge in [-0.25, -0.2) is 0 Å². The van der Waals surface area contributed by atoms with Crippen molar-refractivity contribution >= 4 is 62.6 Å². The van der Waals surface area contributed by atoms with Gasteiger partial charge in [0.05, 0.1) is 0 Å². The van der Waals surface area contributed by atoms with Crippen LogP contribution in [-0.4, -0.2) is 0 Å². The van der Waals surface area contributed by atoms with Gasteiger partial charge in [-0.05, 0) is 157 Å². The normalized spacial score (nSPS) is 11.0. The van der Waals surface area contributed by atoms with Gasteiger partial charge in [-0.2, -0.15) is 0 Å². The molecule has 0 saturated heterocycles. The minimum atomic E-state index is 0.921. The van der Waals surface area contributed by atoms with E-state index >= 15 is 0 Å². The van der Waals surface area contributed by atoms with E-state index in [0.29, 0.717) is 0 Å². The van der Waals surface area contributed by atoms with Crippen molar-refractivity contribution < 1.29 is 0 Å². The molecule has 0 N–H and O–H groups in total. The largest absolute Gasteiger partial charge is 0.311 e. The molecule has 0 saturated carbocycles. The zero-order chi connectivity index (χ0) is 43.5. The predicted molar refractivity (Wildman–Crippen MR) is 273 cm³/mol. The van der Waals surface area contributed by atoms with Gasteiger partial charge in [0, 0.05) is 68.3 Å². The van der Waals surface area contributed by atoms with Crippen molar-refractivity contribution in [2.75, 3.05) is 19.6 Å². The molecule has 9 rings (SSSR count). The van der Waals surface area contributed by atoms with Crippen LogP contribution in [0.2, 0.25) is 0 Å². The maximum absolute atomic E-state index is 4.17. The highest BCUT2D eigenvalue weighted by Gasteiger charge is 2.18. The van der Waals surface area contributed by atoms with E-state index in [4.69, 9.17) is 0 Å². The summed E-state index contributed by atoms with van der Waals surface area (Å²) in [6, 6.07) is 87.5. The summed E-state index contributed by atoms with van der Waals surface area (Å²) in [4.78, 5) is 9.06. The molecule has 0 amide bonds. The molecule has 0 atom stereocenters. The van der Waals surface area contributed by atoms with Crippen LogP contribution in [0.4, 0.5) is 62.6 Å². The maximum atomic E-state index is 4.17. The highest BCUT2D eigenvalue weighted by atomic mass is 15.2. The molecule has 64 heavy (non-hydrogen) atoms. The quantitative estimate of drug-likeness (QED) is 0.0955. The van der Waals surface area contributed by atoms with Gasteiger partial charge in [-0.15, -0.1) is 0 Å². The van der Waals surface area contributed by atoms with Gasteiger partial charge in [0.25, 0.3) is 0 Å². The first-order chi connectivity index (χ1) is 31.7. The molecule has 0 heterocycles. The van der Waals surface area contributed by atoms with E-state index in [0.717, 1.165) is 79.4 Å². The van der Waals surface area contributed by atoms with E-state index in [1.807, 2.05) is 24.3 Å². The zero-order valence-electron chi connectivity index (χ0n) is 35.6. The summed E-state index contributed by atoms with van der Waals surface area (Å²) in [6.45, 7) is 8.18. The standard InChI is InChI=1S/C60H48N4/c1-3-20-49(4-2)61(57-39-41-58(42-40-57)62(50-21-10-5-11-22-50)51-23-12-6-13-24-51)55-35-31-47(32-36-55)48-33-37-56(38-34-48)64(54-29-18-9-19-30-54)60-45-43-59(44-46-60)63(52-25-14-7-15-26-52)53-27-16-8-17-28-53/h3-46H,1-2H2. The molecule has 0 spiro atoms. The van der Waals surface area contributed by atoms with E-state index in [9.17, 15) is 0 Å². The van der Waals surface area contributed by atoms with Gasteiger partial charge >= 0.3 is 0 Å². The second-order valence-electron chi connectivity index (χ2n) is 15.2. The summed E-state index contributed by atoms with van der Waals surface area (Å²) in [5, 5.41) is 0. The number of hydrogen-bond donors (Lipinski definition) is 0. The average molecular weight is 825 g/mol.